The summed E-state index contributed by atoms with van der Waals surface area (Å²) in [5.74, 6) is -1.59. The van der Waals surface area contributed by atoms with E-state index < -0.39 is 11.9 Å². The van der Waals surface area contributed by atoms with Gasteiger partial charge < -0.3 is 10.4 Å². The quantitative estimate of drug-likeness (QED) is 0.752. The van der Waals surface area contributed by atoms with Gasteiger partial charge in [-0.15, -0.1) is 0 Å². The maximum Gasteiger partial charge on any atom is 0.308 e. The summed E-state index contributed by atoms with van der Waals surface area (Å²) >= 11 is 2.10. The van der Waals surface area contributed by atoms with E-state index in [1.807, 2.05) is 32.0 Å². The summed E-state index contributed by atoms with van der Waals surface area (Å²) in [4.78, 5) is 23.0. The molecule has 0 saturated carbocycles. The highest BCUT2D eigenvalue weighted by Gasteiger charge is 2.18. The zero-order valence-electron chi connectivity index (χ0n) is 11.1. The van der Waals surface area contributed by atoms with Gasteiger partial charge in [-0.05, 0) is 48.1 Å². The lowest BCUT2D eigenvalue weighted by atomic mass is 10.0. The van der Waals surface area contributed by atoms with E-state index in [1.54, 1.807) is 0 Å². The average Bonchev–Trinajstić information content (AvgIpc) is 2.36. The summed E-state index contributed by atoms with van der Waals surface area (Å²) in [6, 6.07) is 5.63. The van der Waals surface area contributed by atoms with E-state index >= 15 is 0 Å². The molecule has 0 aromatic heterocycles. The van der Waals surface area contributed by atoms with Crippen LogP contribution in [0.2, 0.25) is 0 Å². The highest BCUT2D eigenvalue weighted by atomic mass is 127. The van der Waals surface area contributed by atoms with Gasteiger partial charge in [0, 0.05) is 10.1 Å². The number of nitrogens with one attached hydrogen (secondary N) is 1. The van der Waals surface area contributed by atoms with Crippen LogP contribution in [0.4, 0.5) is 0 Å². The van der Waals surface area contributed by atoms with E-state index in [0.29, 0.717) is 12.0 Å². The molecule has 0 bridgehead atoms. The van der Waals surface area contributed by atoms with Crippen LogP contribution in [0.3, 0.4) is 0 Å². The van der Waals surface area contributed by atoms with Crippen LogP contribution in [-0.4, -0.2) is 23.5 Å². The molecule has 1 amide bonds. The lowest BCUT2D eigenvalue weighted by molar-refractivity contribution is -0.141. The smallest absolute Gasteiger partial charge is 0.308 e. The molecule has 5 heteroatoms. The first-order valence-electron chi connectivity index (χ1n) is 6.22. The third kappa shape index (κ3) is 4.81. The number of carboxylic acids is 1. The van der Waals surface area contributed by atoms with Gasteiger partial charge in [-0.2, -0.15) is 0 Å². The Kier molecular flexibility index (Phi) is 6.27. The molecule has 1 atom stereocenters. The number of aliphatic carboxylic acids is 1. The summed E-state index contributed by atoms with van der Waals surface area (Å²) in [6.45, 7) is 4.03. The molecular formula is C14H18INO3. The molecule has 1 aromatic carbocycles. The summed E-state index contributed by atoms with van der Waals surface area (Å²) in [5, 5.41) is 11.7. The molecule has 19 heavy (non-hydrogen) atoms. The Morgan fingerprint density at radius 1 is 1.42 bits per heavy atom. The number of carbonyl (C=O) groups is 2. The topological polar surface area (TPSA) is 66.4 Å². The Morgan fingerprint density at radius 3 is 2.68 bits per heavy atom. The van der Waals surface area contributed by atoms with Gasteiger partial charge in [-0.25, -0.2) is 0 Å². The molecule has 0 saturated heterocycles. The van der Waals surface area contributed by atoms with Crippen LogP contribution >= 0.6 is 22.6 Å². The molecular weight excluding hydrogens is 357 g/mol. The molecule has 1 rings (SSSR count). The molecule has 0 aliphatic carbocycles. The van der Waals surface area contributed by atoms with E-state index in [2.05, 4.69) is 27.9 Å². The minimum atomic E-state index is -0.860. The summed E-state index contributed by atoms with van der Waals surface area (Å²) in [6.07, 6.45) is 1.36. The molecule has 4 nitrogen and oxygen atoms in total. The Bertz CT molecular complexity index is 474. The van der Waals surface area contributed by atoms with Gasteiger partial charge >= 0.3 is 5.97 Å². The van der Waals surface area contributed by atoms with Gasteiger partial charge in [-0.1, -0.05) is 25.0 Å². The normalized spacial score (nSPS) is 11.9. The maximum absolute atomic E-state index is 12.0. The van der Waals surface area contributed by atoms with Crippen molar-refractivity contribution < 1.29 is 14.7 Å². The van der Waals surface area contributed by atoms with Gasteiger partial charge in [0.05, 0.1) is 11.5 Å². The van der Waals surface area contributed by atoms with E-state index in [0.717, 1.165) is 15.6 Å². The fourth-order valence-electron chi connectivity index (χ4n) is 1.79. The molecule has 0 aliphatic heterocycles. The summed E-state index contributed by atoms with van der Waals surface area (Å²) in [5.41, 5.74) is 1.61. The number of amides is 1. The van der Waals surface area contributed by atoms with Crippen molar-refractivity contribution in [2.75, 3.05) is 6.54 Å². The number of aryl methyl sites for hydroxylation is 1. The molecule has 0 aliphatic rings. The van der Waals surface area contributed by atoms with E-state index in [-0.39, 0.29) is 12.5 Å². The lowest BCUT2D eigenvalue weighted by Gasteiger charge is -2.13. The van der Waals surface area contributed by atoms with Crippen LogP contribution in [-0.2, 0) is 4.79 Å². The Morgan fingerprint density at radius 2 is 2.11 bits per heavy atom. The van der Waals surface area contributed by atoms with Gasteiger partial charge in [0.1, 0.15) is 0 Å². The largest absolute Gasteiger partial charge is 0.481 e. The van der Waals surface area contributed by atoms with Crippen molar-refractivity contribution in [3.05, 3.63) is 32.9 Å². The number of hydrogen-bond acceptors (Lipinski definition) is 2. The van der Waals surface area contributed by atoms with Crippen LogP contribution in [0.15, 0.2) is 18.2 Å². The van der Waals surface area contributed by atoms with E-state index in [9.17, 15) is 9.59 Å². The molecule has 104 valence electrons. The minimum Gasteiger partial charge on any atom is -0.481 e. The van der Waals surface area contributed by atoms with Crippen LogP contribution in [0, 0.1) is 16.4 Å². The van der Waals surface area contributed by atoms with E-state index in [4.69, 9.17) is 5.11 Å². The Balaban J connectivity index is 2.69. The second-order valence-corrected chi connectivity index (χ2v) is 5.68. The third-order valence-corrected chi connectivity index (χ3v) is 3.80. The Hall–Kier alpha value is -1.11. The molecule has 0 spiro atoms. The standard InChI is InChI=1S/C14H18INO3/c1-3-4-10(14(18)19)8-16-13(17)11-7-9(2)5-6-12(11)15/h5-7,10H,3-4,8H2,1-2H3,(H,16,17)(H,18,19). The predicted octanol–water partition coefficient (Wildman–Crippen LogP) is 2.83. The lowest BCUT2D eigenvalue weighted by Crippen LogP contribution is -2.33. The second-order valence-electron chi connectivity index (χ2n) is 4.52. The zero-order valence-corrected chi connectivity index (χ0v) is 13.2. The molecule has 0 fully saturated rings. The highest BCUT2D eigenvalue weighted by molar-refractivity contribution is 14.1. The van der Waals surface area contributed by atoms with Crippen LogP contribution < -0.4 is 5.32 Å². The first-order chi connectivity index (χ1) is 8.95. The van der Waals surface area contributed by atoms with Gasteiger partial charge in [0.15, 0.2) is 0 Å². The molecule has 0 radical (unpaired) electrons. The fraction of sp³-hybridized carbons (Fsp3) is 0.429. The van der Waals surface area contributed by atoms with Crippen molar-refractivity contribution in [2.24, 2.45) is 5.92 Å². The van der Waals surface area contributed by atoms with Crippen molar-refractivity contribution in [1.82, 2.24) is 5.32 Å². The fourth-order valence-corrected chi connectivity index (χ4v) is 2.37. The summed E-state index contributed by atoms with van der Waals surface area (Å²) < 4.78 is 0.864. The number of halogens is 1. The predicted molar refractivity (Wildman–Crippen MR) is 82.3 cm³/mol. The van der Waals surface area contributed by atoms with Crippen molar-refractivity contribution in [3.8, 4) is 0 Å². The SMILES string of the molecule is CCCC(CNC(=O)c1cc(C)ccc1I)C(=O)O. The van der Waals surface area contributed by atoms with Crippen molar-refractivity contribution in [2.45, 2.75) is 26.7 Å². The maximum atomic E-state index is 12.0. The number of rotatable bonds is 6. The van der Waals surface area contributed by atoms with Crippen molar-refractivity contribution >= 4 is 34.5 Å². The third-order valence-electron chi connectivity index (χ3n) is 2.86. The first-order valence-corrected chi connectivity index (χ1v) is 7.30. The van der Waals surface area contributed by atoms with Gasteiger partial charge in [0.2, 0.25) is 0 Å². The number of carbonyl (C=O) groups excluding carboxylic acids is 1. The zero-order chi connectivity index (χ0) is 14.4. The molecule has 2 N–H and O–H groups in total. The van der Waals surface area contributed by atoms with Gasteiger partial charge in [-0.3, -0.25) is 9.59 Å². The highest BCUT2D eigenvalue weighted by Crippen LogP contribution is 2.14. The molecule has 0 heterocycles. The Labute approximate surface area is 126 Å². The molecule has 1 unspecified atom stereocenters. The summed E-state index contributed by atoms with van der Waals surface area (Å²) in [7, 11) is 0. The number of benzene rings is 1. The monoisotopic (exact) mass is 375 g/mol. The minimum absolute atomic E-state index is 0.173. The van der Waals surface area contributed by atoms with Crippen LogP contribution in [0.5, 0.6) is 0 Å². The van der Waals surface area contributed by atoms with E-state index in [1.165, 1.54) is 0 Å². The number of hydrogen-bond donors (Lipinski definition) is 2. The second kappa shape index (κ2) is 7.47. The first kappa shape index (κ1) is 15.9. The van der Waals surface area contributed by atoms with Crippen molar-refractivity contribution in [3.63, 3.8) is 0 Å². The average molecular weight is 375 g/mol. The number of carboxylic acid groups (broad SMARTS) is 1. The van der Waals surface area contributed by atoms with Crippen LogP contribution in [0.1, 0.15) is 35.7 Å². The molecule has 1 aromatic rings. The van der Waals surface area contributed by atoms with Crippen LogP contribution in [0.25, 0.3) is 0 Å². The van der Waals surface area contributed by atoms with Crippen molar-refractivity contribution in [1.29, 1.82) is 0 Å². The van der Waals surface area contributed by atoms with Gasteiger partial charge in [0.25, 0.3) is 5.91 Å².